The Balaban J connectivity index is 2.33. The van der Waals surface area contributed by atoms with Gasteiger partial charge in [0.05, 0.1) is 5.60 Å². The van der Waals surface area contributed by atoms with Gasteiger partial charge in [-0.1, -0.05) is 31.5 Å². The van der Waals surface area contributed by atoms with E-state index in [2.05, 4.69) is 39.0 Å². The summed E-state index contributed by atoms with van der Waals surface area (Å²) in [4.78, 5) is 0. The molecule has 0 amide bonds. The Morgan fingerprint density at radius 1 is 1.18 bits per heavy atom. The summed E-state index contributed by atoms with van der Waals surface area (Å²) in [5, 5.41) is 10.9. The summed E-state index contributed by atoms with van der Waals surface area (Å²) in [5.41, 5.74) is 3.13. The monoisotopic (exact) mass is 232 g/mol. The van der Waals surface area contributed by atoms with E-state index in [1.54, 1.807) is 0 Å². The summed E-state index contributed by atoms with van der Waals surface area (Å²) in [6, 6.07) is 6.31. The van der Waals surface area contributed by atoms with Crippen molar-refractivity contribution in [2.45, 2.75) is 58.5 Å². The highest BCUT2D eigenvalue weighted by Crippen LogP contribution is 2.39. The highest BCUT2D eigenvalue weighted by molar-refractivity contribution is 5.37. The molecule has 1 aromatic carbocycles. The zero-order chi connectivity index (χ0) is 12.5. The van der Waals surface area contributed by atoms with Crippen LogP contribution in [0.3, 0.4) is 0 Å². The molecule has 0 spiro atoms. The third-order valence-corrected chi connectivity index (χ3v) is 4.44. The molecule has 2 unspecified atom stereocenters. The molecule has 17 heavy (non-hydrogen) atoms. The highest BCUT2D eigenvalue weighted by Gasteiger charge is 2.32. The molecule has 1 nitrogen and oxygen atoms in total. The average molecular weight is 232 g/mol. The maximum Gasteiger partial charge on any atom is 0.0899 e. The lowest BCUT2D eigenvalue weighted by atomic mass is 9.82. The van der Waals surface area contributed by atoms with Crippen molar-refractivity contribution in [2.75, 3.05) is 0 Å². The topological polar surface area (TPSA) is 20.2 Å². The van der Waals surface area contributed by atoms with E-state index in [0.717, 1.165) is 37.2 Å². The summed E-state index contributed by atoms with van der Waals surface area (Å²) in [5.74, 6) is 0.758. The molecule has 1 saturated carbocycles. The molecule has 0 bridgehead atoms. The number of hydrogen-bond acceptors (Lipinski definition) is 1. The van der Waals surface area contributed by atoms with Gasteiger partial charge in [-0.15, -0.1) is 0 Å². The van der Waals surface area contributed by atoms with Crippen molar-refractivity contribution in [3.05, 3.63) is 34.9 Å². The van der Waals surface area contributed by atoms with Crippen LogP contribution in [0.2, 0.25) is 0 Å². The van der Waals surface area contributed by atoms with Gasteiger partial charge in [0.15, 0.2) is 0 Å². The van der Waals surface area contributed by atoms with Crippen molar-refractivity contribution >= 4 is 0 Å². The first-order valence-corrected chi connectivity index (χ1v) is 6.82. The lowest BCUT2D eigenvalue weighted by molar-refractivity contribution is 0.0192. The van der Waals surface area contributed by atoms with Gasteiger partial charge < -0.3 is 5.11 Å². The standard InChI is InChI=1S/C16H24O/c1-12-6-5-10-16(17,11-9-12)15-8-4-7-13(2)14(15)3/h4,7-8,12,17H,5-6,9-11H2,1-3H3. The zero-order valence-electron chi connectivity index (χ0n) is 11.3. The van der Waals surface area contributed by atoms with E-state index in [9.17, 15) is 5.11 Å². The summed E-state index contributed by atoms with van der Waals surface area (Å²) in [6.45, 7) is 6.56. The number of aryl methyl sites for hydroxylation is 1. The quantitative estimate of drug-likeness (QED) is 0.723. The predicted octanol–water partition coefficient (Wildman–Crippen LogP) is 4.09. The van der Waals surface area contributed by atoms with Gasteiger partial charge in [-0.2, -0.15) is 0 Å². The van der Waals surface area contributed by atoms with Gasteiger partial charge in [-0.25, -0.2) is 0 Å². The smallest absolute Gasteiger partial charge is 0.0899 e. The Morgan fingerprint density at radius 3 is 2.71 bits per heavy atom. The first-order valence-electron chi connectivity index (χ1n) is 6.82. The summed E-state index contributed by atoms with van der Waals surface area (Å²) in [7, 11) is 0. The normalized spacial score (nSPS) is 30.0. The third-order valence-electron chi connectivity index (χ3n) is 4.44. The Morgan fingerprint density at radius 2 is 1.94 bits per heavy atom. The molecule has 2 atom stereocenters. The minimum Gasteiger partial charge on any atom is -0.385 e. The van der Waals surface area contributed by atoms with Crippen LogP contribution >= 0.6 is 0 Å². The van der Waals surface area contributed by atoms with Crippen LogP contribution in [-0.4, -0.2) is 5.11 Å². The Labute approximate surface area is 105 Å². The number of hydrogen-bond donors (Lipinski definition) is 1. The second kappa shape index (κ2) is 4.81. The molecule has 1 aromatic rings. The van der Waals surface area contributed by atoms with E-state index in [1.807, 2.05) is 0 Å². The molecular formula is C16H24O. The molecular weight excluding hydrogens is 208 g/mol. The predicted molar refractivity (Wildman–Crippen MR) is 72.1 cm³/mol. The SMILES string of the molecule is Cc1cccc(C2(O)CCCC(C)CC2)c1C. The van der Waals surface area contributed by atoms with Crippen LogP contribution in [0.25, 0.3) is 0 Å². The van der Waals surface area contributed by atoms with Crippen LogP contribution in [0, 0.1) is 19.8 Å². The fourth-order valence-electron chi connectivity index (χ4n) is 3.02. The number of rotatable bonds is 1. The van der Waals surface area contributed by atoms with Gasteiger partial charge in [0.1, 0.15) is 0 Å². The Kier molecular flexibility index (Phi) is 3.58. The van der Waals surface area contributed by atoms with Crippen molar-refractivity contribution in [1.29, 1.82) is 0 Å². The average Bonchev–Trinajstić information content (AvgIpc) is 2.46. The van der Waals surface area contributed by atoms with E-state index in [4.69, 9.17) is 0 Å². The second-order valence-corrected chi connectivity index (χ2v) is 5.82. The van der Waals surface area contributed by atoms with Crippen molar-refractivity contribution in [1.82, 2.24) is 0 Å². The molecule has 94 valence electrons. The van der Waals surface area contributed by atoms with Crippen LogP contribution in [0.15, 0.2) is 18.2 Å². The first-order chi connectivity index (χ1) is 8.03. The molecule has 2 rings (SSSR count). The van der Waals surface area contributed by atoms with E-state index < -0.39 is 5.60 Å². The molecule has 1 fully saturated rings. The molecule has 1 aliphatic carbocycles. The van der Waals surface area contributed by atoms with E-state index >= 15 is 0 Å². The lowest BCUT2D eigenvalue weighted by Gasteiger charge is -2.29. The van der Waals surface area contributed by atoms with Crippen molar-refractivity contribution in [3.8, 4) is 0 Å². The molecule has 1 aliphatic rings. The van der Waals surface area contributed by atoms with Gasteiger partial charge >= 0.3 is 0 Å². The third kappa shape index (κ3) is 2.55. The fraction of sp³-hybridized carbons (Fsp3) is 0.625. The van der Waals surface area contributed by atoms with Gasteiger partial charge in [0, 0.05) is 0 Å². The van der Waals surface area contributed by atoms with Crippen LogP contribution < -0.4 is 0 Å². The molecule has 1 N–H and O–H groups in total. The van der Waals surface area contributed by atoms with Crippen LogP contribution in [-0.2, 0) is 5.60 Å². The zero-order valence-corrected chi connectivity index (χ0v) is 11.3. The molecule has 1 heteroatoms. The maximum atomic E-state index is 10.9. The Bertz CT molecular complexity index is 397. The molecule has 0 saturated heterocycles. The van der Waals surface area contributed by atoms with Crippen LogP contribution in [0.5, 0.6) is 0 Å². The van der Waals surface area contributed by atoms with E-state index in [1.165, 1.54) is 17.5 Å². The van der Waals surface area contributed by atoms with Gasteiger partial charge in [-0.3, -0.25) is 0 Å². The number of benzene rings is 1. The second-order valence-electron chi connectivity index (χ2n) is 5.82. The van der Waals surface area contributed by atoms with Crippen molar-refractivity contribution in [2.24, 2.45) is 5.92 Å². The van der Waals surface area contributed by atoms with Crippen LogP contribution in [0.1, 0.15) is 55.7 Å². The molecule has 0 heterocycles. The molecule has 0 radical (unpaired) electrons. The minimum atomic E-state index is -0.582. The number of aliphatic hydroxyl groups is 1. The molecule has 0 aromatic heterocycles. The Hall–Kier alpha value is -0.820. The molecule has 0 aliphatic heterocycles. The lowest BCUT2D eigenvalue weighted by Crippen LogP contribution is -2.26. The van der Waals surface area contributed by atoms with Gasteiger partial charge in [0.2, 0.25) is 0 Å². The largest absolute Gasteiger partial charge is 0.385 e. The van der Waals surface area contributed by atoms with Crippen LogP contribution in [0.4, 0.5) is 0 Å². The van der Waals surface area contributed by atoms with Crippen molar-refractivity contribution in [3.63, 3.8) is 0 Å². The van der Waals surface area contributed by atoms with E-state index in [0.29, 0.717) is 0 Å². The maximum absolute atomic E-state index is 10.9. The van der Waals surface area contributed by atoms with Crippen molar-refractivity contribution < 1.29 is 5.11 Å². The first kappa shape index (κ1) is 12.6. The summed E-state index contributed by atoms with van der Waals surface area (Å²) >= 11 is 0. The van der Waals surface area contributed by atoms with Gasteiger partial charge in [0.25, 0.3) is 0 Å². The minimum absolute atomic E-state index is 0.582. The fourth-order valence-corrected chi connectivity index (χ4v) is 3.02. The summed E-state index contributed by atoms with van der Waals surface area (Å²) in [6.07, 6.45) is 5.38. The highest BCUT2D eigenvalue weighted by atomic mass is 16.3. The van der Waals surface area contributed by atoms with E-state index in [-0.39, 0.29) is 0 Å². The summed E-state index contributed by atoms with van der Waals surface area (Å²) < 4.78 is 0. The van der Waals surface area contributed by atoms with Gasteiger partial charge in [-0.05, 0) is 62.1 Å².